The Labute approximate surface area is 159 Å². The van der Waals surface area contributed by atoms with Gasteiger partial charge in [0.15, 0.2) is 0 Å². The zero-order chi connectivity index (χ0) is 18.5. The third kappa shape index (κ3) is 4.13. The van der Waals surface area contributed by atoms with Crippen molar-refractivity contribution in [2.24, 2.45) is 7.05 Å². The number of hydrogen-bond acceptors (Lipinski definition) is 4. The largest absolute Gasteiger partial charge is 0.371 e. The lowest BCUT2D eigenvalue weighted by atomic mass is 10.2. The van der Waals surface area contributed by atoms with E-state index in [1.54, 1.807) is 17.1 Å². The molecule has 136 valence electrons. The van der Waals surface area contributed by atoms with Gasteiger partial charge in [0.05, 0.1) is 12.9 Å². The summed E-state index contributed by atoms with van der Waals surface area (Å²) >= 11 is 3.51. The third-order valence-corrected chi connectivity index (χ3v) is 4.92. The van der Waals surface area contributed by atoms with Crippen LogP contribution in [0.15, 0.2) is 63.1 Å². The van der Waals surface area contributed by atoms with Crippen LogP contribution in [-0.4, -0.2) is 25.2 Å². The Morgan fingerprint density at radius 2 is 2.04 bits per heavy atom. The first-order valence-corrected chi connectivity index (χ1v) is 9.09. The molecule has 1 aromatic carbocycles. The predicted octanol–water partition coefficient (Wildman–Crippen LogP) is 2.06. The summed E-state index contributed by atoms with van der Waals surface area (Å²) in [4.78, 5) is 28.7. The number of nitrogens with zero attached hydrogens (tertiary/aromatic N) is 4. The molecule has 3 rings (SSSR count). The molecule has 8 heteroatoms. The lowest BCUT2D eigenvalue weighted by Gasteiger charge is -2.16. The van der Waals surface area contributed by atoms with Crippen molar-refractivity contribution in [1.82, 2.24) is 18.7 Å². The normalized spacial score (nSPS) is 10.8. The molecular weight excluding hydrogens is 398 g/mol. The minimum absolute atomic E-state index is 0.324. The van der Waals surface area contributed by atoms with Crippen LogP contribution in [0.3, 0.4) is 0 Å². The topological polar surface area (TPSA) is 73.8 Å². The second kappa shape index (κ2) is 8.18. The van der Waals surface area contributed by atoms with Gasteiger partial charge in [0.2, 0.25) is 0 Å². The minimum Gasteiger partial charge on any atom is -0.371 e. The van der Waals surface area contributed by atoms with Gasteiger partial charge in [0.1, 0.15) is 5.82 Å². The summed E-state index contributed by atoms with van der Waals surface area (Å²) in [5.41, 5.74) is 0.301. The van der Waals surface area contributed by atoms with E-state index in [2.05, 4.69) is 26.2 Å². The Morgan fingerprint density at radius 3 is 2.77 bits per heavy atom. The van der Waals surface area contributed by atoms with E-state index in [0.717, 1.165) is 27.6 Å². The number of aryl methyl sites for hydroxylation is 1. The van der Waals surface area contributed by atoms with Gasteiger partial charge in [-0.25, -0.2) is 9.78 Å². The summed E-state index contributed by atoms with van der Waals surface area (Å²) < 4.78 is 5.61. The van der Waals surface area contributed by atoms with Gasteiger partial charge in [-0.05, 0) is 18.1 Å². The molecule has 2 aromatic heterocycles. The van der Waals surface area contributed by atoms with Gasteiger partial charge >= 0.3 is 5.69 Å². The summed E-state index contributed by atoms with van der Waals surface area (Å²) in [5.74, 6) is 0.527. The first-order valence-electron chi connectivity index (χ1n) is 8.30. The van der Waals surface area contributed by atoms with Crippen molar-refractivity contribution >= 4 is 21.7 Å². The molecule has 0 aliphatic rings. The second-order valence-corrected chi connectivity index (χ2v) is 6.82. The Bertz CT molecular complexity index is 992. The standard InChI is InChI=1S/C18H20BrN5O2/c1-22-17(25)11-16(21-7-4-9-23-10-8-20-13-23)24(18(22)26)12-14-5-2-3-6-15(14)19/h2-3,5-6,8,10-11,13,21H,4,7,9,12H2,1H3. The van der Waals surface area contributed by atoms with Crippen LogP contribution in [0.4, 0.5) is 5.82 Å². The van der Waals surface area contributed by atoms with Crippen molar-refractivity contribution in [3.05, 3.63) is 79.9 Å². The summed E-state index contributed by atoms with van der Waals surface area (Å²) in [5, 5.41) is 3.22. The molecule has 0 unspecified atom stereocenters. The molecule has 0 aliphatic carbocycles. The predicted molar refractivity (Wildman–Crippen MR) is 105 cm³/mol. The Morgan fingerprint density at radius 1 is 1.23 bits per heavy atom. The van der Waals surface area contributed by atoms with Crippen molar-refractivity contribution in [3.63, 3.8) is 0 Å². The molecule has 0 fully saturated rings. The minimum atomic E-state index is -0.342. The lowest BCUT2D eigenvalue weighted by molar-refractivity contribution is 0.634. The number of rotatable bonds is 7. The highest BCUT2D eigenvalue weighted by atomic mass is 79.9. The highest BCUT2D eigenvalue weighted by Crippen LogP contribution is 2.17. The van der Waals surface area contributed by atoms with E-state index < -0.39 is 0 Å². The van der Waals surface area contributed by atoms with E-state index in [9.17, 15) is 9.59 Å². The Hall–Kier alpha value is -2.61. The lowest BCUT2D eigenvalue weighted by Crippen LogP contribution is -2.39. The van der Waals surface area contributed by atoms with Gasteiger partial charge in [-0.3, -0.25) is 13.9 Å². The SMILES string of the molecule is Cn1c(=O)cc(NCCCn2ccnc2)n(Cc2ccccc2Br)c1=O. The number of imidazole rings is 1. The highest BCUT2D eigenvalue weighted by molar-refractivity contribution is 9.10. The number of hydrogen-bond donors (Lipinski definition) is 1. The van der Waals surface area contributed by atoms with Crippen LogP contribution in [0.2, 0.25) is 0 Å². The van der Waals surface area contributed by atoms with Crippen molar-refractivity contribution < 1.29 is 0 Å². The van der Waals surface area contributed by atoms with Crippen LogP contribution >= 0.6 is 15.9 Å². The van der Waals surface area contributed by atoms with Crippen LogP contribution in [0.5, 0.6) is 0 Å². The van der Waals surface area contributed by atoms with E-state index in [0.29, 0.717) is 18.9 Å². The molecule has 0 saturated heterocycles. The van der Waals surface area contributed by atoms with Crippen LogP contribution in [0, 0.1) is 0 Å². The first kappa shape index (κ1) is 18.2. The highest BCUT2D eigenvalue weighted by Gasteiger charge is 2.11. The summed E-state index contributed by atoms with van der Waals surface area (Å²) in [6.45, 7) is 1.82. The third-order valence-electron chi connectivity index (χ3n) is 4.14. The fourth-order valence-corrected chi connectivity index (χ4v) is 3.07. The Kier molecular flexibility index (Phi) is 5.72. The molecule has 2 heterocycles. The van der Waals surface area contributed by atoms with Crippen LogP contribution < -0.4 is 16.6 Å². The van der Waals surface area contributed by atoms with E-state index in [4.69, 9.17) is 0 Å². The zero-order valence-corrected chi connectivity index (χ0v) is 16.0. The van der Waals surface area contributed by atoms with Gasteiger partial charge in [0, 0.05) is 43.1 Å². The molecule has 0 bridgehead atoms. The molecule has 26 heavy (non-hydrogen) atoms. The fraction of sp³-hybridized carbons (Fsp3) is 0.278. The van der Waals surface area contributed by atoms with E-state index >= 15 is 0 Å². The second-order valence-electron chi connectivity index (χ2n) is 5.97. The maximum absolute atomic E-state index is 12.6. The van der Waals surface area contributed by atoms with E-state index in [1.807, 2.05) is 35.0 Å². The molecule has 0 aliphatic heterocycles. The molecule has 0 amide bonds. The maximum atomic E-state index is 12.6. The zero-order valence-electron chi connectivity index (χ0n) is 14.4. The number of benzene rings is 1. The molecule has 0 atom stereocenters. The van der Waals surface area contributed by atoms with Gasteiger partial charge < -0.3 is 9.88 Å². The van der Waals surface area contributed by atoms with Gasteiger partial charge in [0.25, 0.3) is 5.56 Å². The van der Waals surface area contributed by atoms with Crippen LogP contribution in [0.1, 0.15) is 12.0 Å². The molecule has 7 nitrogen and oxygen atoms in total. The molecule has 1 N–H and O–H groups in total. The molecule has 0 radical (unpaired) electrons. The van der Waals surface area contributed by atoms with Crippen molar-refractivity contribution in [1.29, 1.82) is 0 Å². The van der Waals surface area contributed by atoms with Gasteiger partial charge in [-0.1, -0.05) is 34.1 Å². The van der Waals surface area contributed by atoms with Crippen LogP contribution in [-0.2, 0) is 20.1 Å². The Balaban J connectivity index is 1.80. The summed E-state index contributed by atoms with van der Waals surface area (Å²) in [6.07, 6.45) is 6.25. The number of halogens is 1. The van der Waals surface area contributed by atoms with Crippen molar-refractivity contribution in [2.45, 2.75) is 19.5 Å². The quantitative estimate of drug-likeness (QED) is 0.597. The van der Waals surface area contributed by atoms with E-state index in [1.165, 1.54) is 13.1 Å². The molecule has 0 spiro atoms. The van der Waals surface area contributed by atoms with Gasteiger partial charge in [-0.15, -0.1) is 0 Å². The average molecular weight is 418 g/mol. The number of anilines is 1. The van der Waals surface area contributed by atoms with Crippen LogP contribution in [0.25, 0.3) is 0 Å². The number of aromatic nitrogens is 4. The maximum Gasteiger partial charge on any atom is 0.332 e. The van der Waals surface area contributed by atoms with E-state index in [-0.39, 0.29) is 11.2 Å². The van der Waals surface area contributed by atoms with Crippen molar-refractivity contribution in [3.8, 4) is 0 Å². The monoisotopic (exact) mass is 417 g/mol. The van der Waals surface area contributed by atoms with Gasteiger partial charge in [-0.2, -0.15) is 0 Å². The summed E-state index contributed by atoms with van der Waals surface area (Å²) in [7, 11) is 1.49. The molecular formula is C18H20BrN5O2. The number of nitrogens with one attached hydrogen (secondary N) is 1. The first-order chi connectivity index (χ1) is 12.6. The average Bonchev–Trinajstić information content (AvgIpc) is 3.15. The fourth-order valence-electron chi connectivity index (χ4n) is 2.66. The molecule has 3 aromatic rings. The molecule has 0 saturated carbocycles. The van der Waals surface area contributed by atoms with Crippen molar-refractivity contribution in [2.75, 3.05) is 11.9 Å². The smallest absolute Gasteiger partial charge is 0.332 e. The summed E-state index contributed by atoms with van der Waals surface area (Å²) in [6, 6.07) is 9.19.